The fourth-order valence-corrected chi connectivity index (χ4v) is 1.76. The highest BCUT2D eigenvalue weighted by atomic mass is 16.6. The molecule has 0 aliphatic carbocycles. The molecule has 0 aliphatic heterocycles. The summed E-state index contributed by atoms with van der Waals surface area (Å²) in [4.78, 5) is 12.2. The second-order valence-electron chi connectivity index (χ2n) is 4.33. The number of nitro groups is 1. The summed E-state index contributed by atoms with van der Waals surface area (Å²) in [6.45, 7) is 2.91. The largest absolute Gasteiger partial charge is 0.393 e. The van der Waals surface area contributed by atoms with E-state index in [1.54, 1.807) is 12.1 Å². The zero-order valence-electron chi connectivity index (χ0n) is 10.5. The van der Waals surface area contributed by atoms with Gasteiger partial charge in [-0.25, -0.2) is 0 Å². The van der Waals surface area contributed by atoms with Crippen molar-refractivity contribution in [3.63, 3.8) is 0 Å². The Hall–Kier alpha value is -2.13. The van der Waals surface area contributed by atoms with E-state index in [-0.39, 0.29) is 17.3 Å². The number of anilines is 1. The molecule has 1 atom stereocenters. The topological polar surface area (TPSA) is 96.2 Å². The van der Waals surface area contributed by atoms with E-state index in [9.17, 15) is 10.1 Å². The van der Waals surface area contributed by atoms with Crippen LogP contribution in [0.4, 0.5) is 11.4 Å². The summed E-state index contributed by atoms with van der Waals surface area (Å²) in [5.74, 6) is -0.0880. The number of nitrogen functional groups attached to an aromatic ring is 1. The van der Waals surface area contributed by atoms with Gasteiger partial charge in [0, 0.05) is 19.2 Å². The van der Waals surface area contributed by atoms with Gasteiger partial charge in [0.05, 0.1) is 16.9 Å². The van der Waals surface area contributed by atoms with Crippen LogP contribution in [-0.4, -0.2) is 23.4 Å². The van der Waals surface area contributed by atoms with Crippen molar-refractivity contribution in [2.45, 2.75) is 13.5 Å². The number of benzene rings is 1. The first-order valence-electron chi connectivity index (χ1n) is 5.55. The molecule has 0 saturated carbocycles. The molecule has 0 radical (unpaired) electrons. The molecule has 0 aliphatic rings. The van der Waals surface area contributed by atoms with Crippen molar-refractivity contribution in [1.82, 2.24) is 4.90 Å². The summed E-state index contributed by atoms with van der Waals surface area (Å²) < 4.78 is 0. The lowest BCUT2D eigenvalue weighted by molar-refractivity contribution is -0.384. The number of rotatable bonds is 5. The lowest BCUT2D eigenvalue weighted by Crippen LogP contribution is -2.23. The van der Waals surface area contributed by atoms with Crippen molar-refractivity contribution >= 4 is 11.4 Å². The van der Waals surface area contributed by atoms with Crippen LogP contribution in [0, 0.1) is 27.4 Å². The van der Waals surface area contributed by atoms with Crippen molar-refractivity contribution in [1.29, 1.82) is 5.26 Å². The third kappa shape index (κ3) is 3.43. The van der Waals surface area contributed by atoms with Gasteiger partial charge < -0.3 is 10.6 Å². The lowest BCUT2D eigenvalue weighted by atomic mass is 10.1. The third-order valence-corrected chi connectivity index (χ3v) is 2.62. The van der Waals surface area contributed by atoms with Crippen LogP contribution in [0.1, 0.15) is 12.5 Å². The van der Waals surface area contributed by atoms with E-state index in [2.05, 4.69) is 6.07 Å². The average molecular weight is 248 g/mol. The Morgan fingerprint density at radius 2 is 2.28 bits per heavy atom. The first-order valence-corrected chi connectivity index (χ1v) is 5.55. The molecule has 0 bridgehead atoms. The van der Waals surface area contributed by atoms with Gasteiger partial charge in [-0.1, -0.05) is 12.1 Å². The minimum atomic E-state index is -0.489. The Balaban J connectivity index is 2.83. The molecule has 96 valence electrons. The summed E-state index contributed by atoms with van der Waals surface area (Å²) >= 11 is 0. The molecular formula is C12H16N4O2. The molecule has 0 aromatic heterocycles. The molecule has 1 aromatic rings. The lowest BCUT2D eigenvalue weighted by Gasteiger charge is -2.18. The normalized spacial score (nSPS) is 12.1. The molecule has 2 N–H and O–H groups in total. The van der Waals surface area contributed by atoms with Crippen LogP contribution < -0.4 is 5.73 Å². The molecule has 1 rings (SSSR count). The van der Waals surface area contributed by atoms with Gasteiger partial charge >= 0.3 is 0 Å². The number of hydrogen-bond acceptors (Lipinski definition) is 5. The third-order valence-electron chi connectivity index (χ3n) is 2.62. The monoisotopic (exact) mass is 248 g/mol. The van der Waals surface area contributed by atoms with Crippen LogP contribution in [0.2, 0.25) is 0 Å². The highest BCUT2D eigenvalue weighted by Crippen LogP contribution is 2.25. The molecular weight excluding hydrogens is 232 g/mol. The van der Waals surface area contributed by atoms with Crippen molar-refractivity contribution in [3.8, 4) is 6.07 Å². The van der Waals surface area contributed by atoms with E-state index >= 15 is 0 Å². The zero-order chi connectivity index (χ0) is 13.7. The van der Waals surface area contributed by atoms with Crippen molar-refractivity contribution in [2.24, 2.45) is 5.92 Å². The molecule has 1 unspecified atom stereocenters. The minimum absolute atomic E-state index is 0.0748. The summed E-state index contributed by atoms with van der Waals surface area (Å²) in [5, 5.41) is 19.5. The smallest absolute Gasteiger partial charge is 0.292 e. The van der Waals surface area contributed by atoms with Gasteiger partial charge in [0.15, 0.2) is 0 Å². The van der Waals surface area contributed by atoms with Crippen LogP contribution in [-0.2, 0) is 6.54 Å². The van der Waals surface area contributed by atoms with E-state index in [0.29, 0.717) is 18.7 Å². The highest BCUT2D eigenvalue weighted by Gasteiger charge is 2.15. The van der Waals surface area contributed by atoms with Crippen LogP contribution in [0.3, 0.4) is 0 Å². The Morgan fingerprint density at radius 1 is 1.61 bits per heavy atom. The van der Waals surface area contributed by atoms with Crippen LogP contribution in [0.25, 0.3) is 0 Å². The van der Waals surface area contributed by atoms with Gasteiger partial charge in [-0.05, 0) is 19.5 Å². The Labute approximate surface area is 106 Å². The Morgan fingerprint density at radius 3 is 2.83 bits per heavy atom. The standard InChI is InChI=1S/C12H16N4O2/c1-9(6-13)7-15(2)8-10-4-3-5-11(12(10)14)16(17)18/h3-5,9H,7-8,14H2,1-2H3. The van der Waals surface area contributed by atoms with Crippen LogP contribution in [0.15, 0.2) is 18.2 Å². The number of nitro benzene ring substituents is 1. The van der Waals surface area contributed by atoms with Gasteiger partial charge in [0.25, 0.3) is 5.69 Å². The highest BCUT2D eigenvalue weighted by molar-refractivity contribution is 5.62. The van der Waals surface area contributed by atoms with E-state index in [0.717, 1.165) is 0 Å². The molecule has 0 spiro atoms. The number of nitriles is 1. The van der Waals surface area contributed by atoms with Gasteiger partial charge in [0.1, 0.15) is 5.69 Å². The number of hydrogen-bond donors (Lipinski definition) is 1. The molecule has 0 saturated heterocycles. The van der Waals surface area contributed by atoms with E-state index in [1.165, 1.54) is 6.07 Å². The molecule has 1 aromatic carbocycles. The maximum absolute atomic E-state index is 10.8. The summed E-state index contributed by atoms with van der Waals surface area (Å²) in [7, 11) is 1.85. The fraction of sp³-hybridized carbons (Fsp3) is 0.417. The van der Waals surface area contributed by atoms with Gasteiger partial charge in [-0.15, -0.1) is 0 Å². The second-order valence-corrected chi connectivity index (χ2v) is 4.33. The second kappa shape index (κ2) is 5.98. The van der Waals surface area contributed by atoms with E-state index in [1.807, 2.05) is 18.9 Å². The summed E-state index contributed by atoms with van der Waals surface area (Å²) in [6, 6.07) is 6.91. The Bertz CT molecular complexity index is 481. The molecule has 0 heterocycles. The molecule has 6 nitrogen and oxygen atoms in total. The fourth-order valence-electron chi connectivity index (χ4n) is 1.76. The van der Waals surface area contributed by atoms with Gasteiger partial charge in [-0.3, -0.25) is 10.1 Å². The van der Waals surface area contributed by atoms with Crippen LogP contribution in [0.5, 0.6) is 0 Å². The van der Waals surface area contributed by atoms with Crippen molar-refractivity contribution < 1.29 is 4.92 Å². The van der Waals surface area contributed by atoms with Gasteiger partial charge in [0.2, 0.25) is 0 Å². The molecule has 0 amide bonds. The molecule has 6 heteroatoms. The average Bonchev–Trinajstić information content (AvgIpc) is 2.31. The van der Waals surface area contributed by atoms with Crippen LogP contribution >= 0.6 is 0 Å². The summed E-state index contributed by atoms with van der Waals surface area (Å²) in [6.07, 6.45) is 0. The quantitative estimate of drug-likeness (QED) is 0.486. The van der Waals surface area contributed by atoms with E-state index in [4.69, 9.17) is 11.0 Å². The molecule has 0 fully saturated rings. The predicted molar refractivity (Wildman–Crippen MR) is 68.6 cm³/mol. The Kier molecular flexibility index (Phi) is 4.63. The first kappa shape index (κ1) is 13.9. The van der Waals surface area contributed by atoms with Gasteiger partial charge in [-0.2, -0.15) is 5.26 Å². The maximum Gasteiger partial charge on any atom is 0.292 e. The predicted octanol–water partition coefficient (Wildman–Crippen LogP) is 1.77. The first-order chi connectivity index (χ1) is 8.45. The summed E-state index contributed by atoms with van der Waals surface area (Å²) in [5.41, 5.74) is 6.59. The number of nitrogens with two attached hydrogens (primary N) is 1. The molecule has 18 heavy (non-hydrogen) atoms. The maximum atomic E-state index is 10.8. The minimum Gasteiger partial charge on any atom is -0.393 e. The van der Waals surface area contributed by atoms with Crippen molar-refractivity contribution in [2.75, 3.05) is 19.3 Å². The number of para-hydroxylation sites is 1. The van der Waals surface area contributed by atoms with E-state index < -0.39 is 4.92 Å². The zero-order valence-corrected chi connectivity index (χ0v) is 10.5. The number of nitrogens with zero attached hydrogens (tertiary/aromatic N) is 3. The SMILES string of the molecule is CC(C#N)CN(C)Cc1cccc([N+](=O)[O-])c1N. The van der Waals surface area contributed by atoms with Crippen molar-refractivity contribution in [3.05, 3.63) is 33.9 Å².